The molecule has 36 heavy (non-hydrogen) atoms. The number of aliphatic hydroxyl groups excluding tert-OH is 1. The first-order valence-electron chi connectivity index (χ1n) is 12.6. The Balaban J connectivity index is 2.08. The number of methoxy groups -OCH3 is 1. The van der Waals surface area contributed by atoms with Crippen LogP contribution in [0, 0.1) is 0 Å². The van der Waals surface area contributed by atoms with Gasteiger partial charge in [0.2, 0.25) is 0 Å². The number of unbranched alkanes of at least 4 members (excludes halogenated alkanes) is 1. The van der Waals surface area contributed by atoms with Gasteiger partial charge in [0.1, 0.15) is 17.3 Å². The zero-order valence-corrected chi connectivity index (χ0v) is 21.9. The van der Waals surface area contributed by atoms with Crippen LogP contribution in [0.25, 0.3) is 5.76 Å². The van der Waals surface area contributed by atoms with E-state index in [0.29, 0.717) is 30.1 Å². The number of benzene rings is 2. The Morgan fingerprint density at radius 1 is 1.03 bits per heavy atom. The van der Waals surface area contributed by atoms with Crippen molar-refractivity contribution in [2.45, 2.75) is 52.5 Å². The van der Waals surface area contributed by atoms with Crippen LogP contribution < -0.4 is 9.47 Å². The van der Waals surface area contributed by atoms with Gasteiger partial charge in [-0.3, -0.25) is 9.59 Å². The summed E-state index contributed by atoms with van der Waals surface area (Å²) in [5.74, 6) is 0.0219. The first kappa shape index (κ1) is 27.3. The summed E-state index contributed by atoms with van der Waals surface area (Å²) in [5.41, 5.74) is 2.16. The van der Waals surface area contributed by atoms with Crippen molar-refractivity contribution < 1.29 is 28.9 Å². The Labute approximate surface area is 213 Å². The molecule has 1 fully saturated rings. The number of carbonyl (C=O) groups is 2. The molecule has 0 saturated carbocycles. The van der Waals surface area contributed by atoms with Gasteiger partial charge in [-0.1, -0.05) is 39.3 Å². The standard InChI is InChI=1S/C29H37NO6/c1-6-8-16-36-22-12-9-20(10-13-22)26-25(28(32)29(33)30(26)15-17-34-5)27(31)21-11-14-24(35-7-2)23(18-21)19(3)4/h9-14,18-19,26,31H,6-8,15-17H2,1-5H3/b27-25-. The third-order valence-corrected chi connectivity index (χ3v) is 6.24. The van der Waals surface area contributed by atoms with E-state index in [-0.39, 0.29) is 30.4 Å². The van der Waals surface area contributed by atoms with Gasteiger partial charge in [-0.2, -0.15) is 0 Å². The van der Waals surface area contributed by atoms with Gasteiger partial charge < -0.3 is 24.2 Å². The van der Waals surface area contributed by atoms with Gasteiger partial charge in [0.15, 0.2) is 0 Å². The van der Waals surface area contributed by atoms with Gasteiger partial charge in [0, 0.05) is 19.2 Å². The van der Waals surface area contributed by atoms with E-state index in [0.717, 1.165) is 24.2 Å². The van der Waals surface area contributed by atoms with Gasteiger partial charge in [-0.15, -0.1) is 0 Å². The summed E-state index contributed by atoms with van der Waals surface area (Å²) in [5, 5.41) is 11.4. The van der Waals surface area contributed by atoms with Crippen molar-refractivity contribution in [3.8, 4) is 11.5 Å². The SMILES string of the molecule is CCCCOc1ccc(C2/C(=C(/O)c3ccc(OCC)c(C(C)C)c3)C(=O)C(=O)N2CCOC)cc1. The molecule has 7 heteroatoms. The molecule has 0 spiro atoms. The minimum Gasteiger partial charge on any atom is -0.507 e. The second-order valence-corrected chi connectivity index (χ2v) is 9.10. The summed E-state index contributed by atoms with van der Waals surface area (Å²) in [6.45, 7) is 9.72. The quantitative estimate of drug-likeness (QED) is 0.182. The van der Waals surface area contributed by atoms with Crippen LogP contribution in [0.3, 0.4) is 0 Å². The fourth-order valence-electron chi connectivity index (χ4n) is 4.32. The van der Waals surface area contributed by atoms with Gasteiger partial charge in [0.05, 0.1) is 31.4 Å². The molecular formula is C29H37NO6. The highest BCUT2D eigenvalue weighted by Crippen LogP contribution is 2.40. The molecule has 1 N–H and O–H groups in total. The lowest BCUT2D eigenvalue weighted by Gasteiger charge is -2.25. The van der Waals surface area contributed by atoms with E-state index in [1.165, 1.54) is 4.90 Å². The Bertz CT molecular complexity index is 1090. The number of hydrogen-bond donors (Lipinski definition) is 1. The van der Waals surface area contributed by atoms with Crippen LogP contribution in [0.4, 0.5) is 0 Å². The number of amides is 1. The molecule has 0 aliphatic carbocycles. The van der Waals surface area contributed by atoms with Crippen LogP contribution >= 0.6 is 0 Å². The Morgan fingerprint density at radius 3 is 2.36 bits per heavy atom. The van der Waals surface area contributed by atoms with Crippen molar-refractivity contribution in [3.63, 3.8) is 0 Å². The number of hydrogen-bond acceptors (Lipinski definition) is 6. The number of Topliss-reactive ketones (excluding diaryl/α,β-unsaturated/α-hetero) is 1. The molecule has 1 heterocycles. The van der Waals surface area contributed by atoms with Crippen molar-refractivity contribution in [2.24, 2.45) is 0 Å². The summed E-state index contributed by atoms with van der Waals surface area (Å²) in [4.78, 5) is 27.7. The van der Waals surface area contributed by atoms with E-state index in [9.17, 15) is 14.7 Å². The Morgan fingerprint density at radius 2 is 1.75 bits per heavy atom. The smallest absolute Gasteiger partial charge is 0.295 e. The Hall–Kier alpha value is -3.32. The van der Waals surface area contributed by atoms with E-state index >= 15 is 0 Å². The van der Waals surface area contributed by atoms with Gasteiger partial charge in [-0.05, 0) is 60.7 Å². The Kier molecular flexibility index (Phi) is 9.53. The van der Waals surface area contributed by atoms with Crippen LogP contribution in [-0.4, -0.2) is 55.2 Å². The van der Waals surface area contributed by atoms with E-state index in [4.69, 9.17) is 14.2 Å². The fraction of sp³-hybridized carbons (Fsp3) is 0.448. The van der Waals surface area contributed by atoms with Crippen molar-refractivity contribution >= 4 is 17.4 Å². The van der Waals surface area contributed by atoms with E-state index in [2.05, 4.69) is 6.92 Å². The molecule has 1 atom stereocenters. The van der Waals surface area contributed by atoms with Crippen LogP contribution in [0.5, 0.6) is 11.5 Å². The molecule has 2 aromatic rings. The molecule has 3 rings (SSSR count). The number of likely N-dealkylation sites (tertiary alicyclic amines) is 1. The summed E-state index contributed by atoms with van der Waals surface area (Å²) < 4.78 is 16.7. The molecule has 1 aliphatic heterocycles. The molecule has 1 aliphatic rings. The molecular weight excluding hydrogens is 458 g/mol. The van der Waals surface area contributed by atoms with E-state index in [1.54, 1.807) is 19.2 Å². The maximum absolute atomic E-state index is 13.2. The van der Waals surface area contributed by atoms with Crippen molar-refractivity contribution in [2.75, 3.05) is 33.5 Å². The average Bonchev–Trinajstić information content (AvgIpc) is 3.12. The molecule has 194 valence electrons. The van der Waals surface area contributed by atoms with Gasteiger partial charge in [0.25, 0.3) is 11.7 Å². The molecule has 0 radical (unpaired) electrons. The molecule has 2 aromatic carbocycles. The minimum atomic E-state index is -0.737. The molecule has 0 bridgehead atoms. The predicted molar refractivity (Wildman–Crippen MR) is 139 cm³/mol. The maximum atomic E-state index is 13.2. The fourth-order valence-corrected chi connectivity index (χ4v) is 4.32. The number of ether oxygens (including phenoxy) is 3. The second-order valence-electron chi connectivity index (χ2n) is 9.10. The van der Waals surface area contributed by atoms with Crippen LogP contribution in [0.2, 0.25) is 0 Å². The highest BCUT2D eigenvalue weighted by atomic mass is 16.5. The maximum Gasteiger partial charge on any atom is 0.295 e. The van der Waals surface area contributed by atoms with Crippen LogP contribution in [0.1, 0.15) is 69.2 Å². The first-order chi connectivity index (χ1) is 17.3. The van der Waals surface area contributed by atoms with Crippen molar-refractivity contribution in [3.05, 3.63) is 64.7 Å². The van der Waals surface area contributed by atoms with Gasteiger partial charge in [-0.25, -0.2) is 0 Å². The third kappa shape index (κ3) is 5.90. The summed E-state index contributed by atoms with van der Waals surface area (Å²) >= 11 is 0. The number of rotatable bonds is 12. The largest absolute Gasteiger partial charge is 0.507 e. The van der Waals surface area contributed by atoms with Crippen molar-refractivity contribution in [1.29, 1.82) is 0 Å². The third-order valence-electron chi connectivity index (χ3n) is 6.24. The highest BCUT2D eigenvalue weighted by Gasteiger charge is 2.45. The number of carbonyl (C=O) groups excluding carboxylic acids is 2. The molecule has 1 unspecified atom stereocenters. The normalized spacial score (nSPS) is 17.2. The van der Waals surface area contributed by atoms with Crippen LogP contribution in [0.15, 0.2) is 48.0 Å². The number of nitrogens with zero attached hydrogens (tertiary/aromatic N) is 1. The average molecular weight is 496 g/mol. The zero-order valence-electron chi connectivity index (χ0n) is 21.9. The monoisotopic (exact) mass is 495 g/mol. The lowest BCUT2D eigenvalue weighted by Crippen LogP contribution is -2.32. The lowest BCUT2D eigenvalue weighted by atomic mass is 9.93. The van der Waals surface area contributed by atoms with E-state index in [1.807, 2.05) is 51.1 Å². The predicted octanol–water partition coefficient (Wildman–Crippen LogP) is 5.46. The number of ketones is 1. The van der Waals surface area contributed by atoms with Crippen molar-refractivity contribution in [1.82, 2.24) is 4.90 Å². The van der Waals surface area contributed by atoms with Gasteiger partial charge >= 0.3 is 0 Å². The summed E-state index contributed by atoms with van der Waals surface area (Å²) in [7, 11) is 1.54. The van der Waals surface area contributed by atoms with Crippen LogP contribution in [-0.2, 0) is 14.3 Å². The summed E-state index contributed by atoms with van der Waals surface area (Å²) in [6.07, 6.45) is 2.00. The number of aliphatic hydroxyl groups is 1. The molecule has 7 nitrogen and oxygen atoms in total. The van der Waals surface area contributed by atoms with E-state index < -0.39 is 17.7 Å². The molecule has 1 saturated heterocycles. The topological polar surface area (TPSA) is 85.3 Å². The first-order valence-corrected chi connectivity index (χ1v) is 12.6. The molecule has 0 aromatic heterocycles. The molecule has 1 amide bonds. The lowest BCUT2D eigenvalue weighted by molar-refractivity contribution is -0.140. The second kappa shape index (κ2) is 12.6. The highest BCUT2D eigenvalue weighted by molar-refractivity contribution is 6.46. The zero-order chi connectivity index (χ0) is 26.2. The minimum absolute atomic E-state index is 0.0645. The summed E-state index contributed by atoms with van der Waals surface area (Å²) in [6, 6.07) is 11.9.